The van der Waals surface area contributed by atoms with Gasteiger partial charge in [0.25, 0.3) is 5.56 Å². The number of imidazole rings is 1. The molecule has 2 saturated heterocycles. The summed E-state index contributed by atoms with van der Waals surface area (Å²) in [5, 5.41) is 13.7. The molecule has 2 aliphatic heterocycles. The highest BCUT2D eigenvalue weighted by Gasteiger charge is 2.22. The van der Waals surface area contributed by atoms with Crippen molar-refractivity contribution in [2.75, 3.05) is 59.3 Å². The first-order chi connectivity index (χ1) is 18.0. The third kappa shape index (κ3) is 4.69. The molecule has 3 N–H and O–H groups in total. The van der Waals surface area contributed by atoms with E-state index >= 15 is 0 Å². The molecule has 0 bridgehead atoms. The maximum Gasteiger partial charge on any atom is 0.259 e. The number of hydrogen-bond donors (Lipinski definition) is 3. The fraction of sp³-hybridized carbons (Fsp3) is 0.385. The van der Waals surface area contributed by atoms with Gasteiger partial charge in [-0.15, -0.1) is 0 Å². The van der Waals surface area contributed by atoms with E-state index in [4.69, 9.17) is 4.98 Å². The van der Waals surface area contributed by atoms with E-state index in [-0.39, 0.29) is 11.7 Å². The number of pyridine rings is 3. The topological polar surface area (TPSA) is 118 Å². The monoisotopic (exact) mass is 501 g/mol. The number of rotatable bonds is 5. The molecule has 0 aliphatic carbocycles. The van der Waals surface area contributed by atoms with E-state index in [9.17, 15) is 9.90 Å². The summed E-state index contributed by atoms with van der Waals surface area (Å²) >= 11 is 0. The highest BCUT2D eigenvalue weighted by molar-refractivity contribution is 5.93. The second-order valence-electron chi connectivity index (χ2n) is 9.65. The van der Waals surface area contributed by atoms with Crippen molar-refractivity contribution in [3.05, 3.63) is 59.4 Å². The van der Waals surface area contributed by atoms with Crippen LogP contribution in [-0.2, 0) is 7.05 Å². The zero-order chi connectivity index (χ0) is 25.4. The Bertz CT molecular complexity index is 1430. The summed E-state index contributed by atoms with van der Waals surface area (Å²) in [7, 11) is 2.01. The molecule has 0 amide bonds. The van der Waals surface area contributed by atoms with E-state index in [0.717, 1.165) is 69.6 Å². The van der Waals surface area contributed by atoms with Crippen LogP contribution in [0.25, 0.3) is 10.9 Å². The van der Waals surface area contributed by atoms with Gasteiger partial charge < -0.3 is 34.7 Å². The Morgan fingerprint density at radius 3 is 2.49 bits per heavy atom. The molecule has 2 fully saturated rings. The van der Waals surface area contributed by atoms with Crippen molar-refractivity contribution in [3.63, 3.8) is 0 Å². The molecule has 37 heavy (non-hydrogen) atoms. The summed E-state index contributed by atoms with van der Waals surface area (Å²) < 4.78 is 2.03. The fourth-order valence-electron chi connectivity index (χ4n) is 5.15. The fourth-order valence-corrected chi connectivity index (χ4v) is 5.15. The van der Waals surface area contributed by atoms with Crippen LogP contribution in [0.15, 0.2) is 53.8 Å². The molecule has 4 aromatic rings. The predicted octanol–water partition coefficient (Wildman–Crippen LogP) is 2.08. The summed E-state index contributed by atoms with van der Waals surface area (Å²) in [6.07, 6.45) is 8.57. The minimum atomic E-state index is -0.213. The molecule has 0 unspecified atom stereocenters. The average Bonchev–Trinajstić information content (AvgIpc) is 3.35. The number of nitrogens with one attached hydrogen (secondary N) is 2. The van der Waals surface area contributed by atoms with Gasteiger partial charge in [-0.3, -0.25) is 4.79 Å². The Kier molecular flexibility index (Phi) is 6.13. The van der Waals surface area contributed by atoms with Gasteiger partial charge in [-0.1, -0.05) is 0 Å². The largest absolute Gasteiger partial charge is 0.393 e. The van der Waals surface area contributed by atoms with Gasteiger partial charge in [0.1, 0.15) is 11.6 Å². The van der Waals surface area contributed by atoms with E-state index in [1.165, 1.54) is 0 Å². The summed E-state index contributed by atoms with van der Waals surface area (Å²) in [6.45, 7) is 4.89. The van der Waals surface area contributed by atoms with Crippen LogP contribution in [0, 0.1) is 0 Å². The van der Waals surface area contributed by atoms with Crippen molar-refractivity contribution in [2.45, 2.75) is 18.9 Å². The van der Waals surface area contributed by atoms with Crippen molar-refractivity contribution >= 4 is 39.9 Å². The number of fused-ring (bicyclic) bond motifs is 1. The molecule has 0 radical (unpaired) electrons. The van der Waals surface area contributed by atoms with Gasteiger partial charge in [-0.05, 0) is 31.0 Å². The maximum absolute atomic E-state index is 12.8. The smallest absolute Gasteiger partial charge is 0.259 e. The highest BCUT2D eigenvalue weighted by Crippen LogP contribution is 2.29. The van der Waals surface area contributed by atoms with E-state index < -0.39 is 0 Å². The third-order valence-electron chi connectivity index (χ3n) is 7.24. The minimum Gasteiger partial charge on any atom is -0.393 e. The SMILES string of the molecule is Cn1ccnc1N1CCN(c2cc(Nc3ccc(N4CCC(O)CC4)cn3)c3c(=O)[nH]ccc3n2)CC1. The number of aromatic amines is 1. The number of nitrogens with zero attached hydrogens (tertiary/aromatic N) is 7. The lowest BCUT2D eigenvalue weighted by Gasteiger charge is -2.36. The van der Waals surface area contributed by atoms with Gasteiger partial charge in [0.05, 0.1) is 34.6 Å². The van der Waals surface area contributed by atoms with Gasteiger partial charge in [0.15, 0.2) is 0 Å². The molecule has 2 aliphatic rings. The Morgan fingerprint density at radius 1 is 1.00 bits per heavy atom. The van der Waals surface area contributed by atoms with Crippen LogP contribution in [0.5, 0.6) is 0 Å². The van der Waals surface area contributed by atoms with Gasteiger partial charge in [0, 0.05) is 71.0 Å². The molecular weight excluding hydrogens is 470 g/mol. The van der Waals surface area contributed by atoms with E-state index in [2.05, 4.69) is 35.0 Å². The van der Waals surface area contributed by atoms with Crippen molar-refractivity contribution < 1.29 is 5.11 Å². The number of aromatic nitrogens is 5. The first-order valence-corrected chi connectivity index (χ1v) is 12.7. The number of aliphatic hydroxyl groups is 1. The van der Waals surface area contributed by atoms with Crippen LogP contribution >= 0.6 is 0 Å². The number of H-pyrrole nitrogens is 1. The number of piperidine rings is 1. The molecule has 11 nitrogen and oxygen atoms in total. The highest BCUT2D eigenvalue weighted by atomic mass is 16.3. The van der Waals surface area contributed by atoms with Crippen LogP contribution < -0.4 is 25.6 Å². The van der Waals surface area contributed by atoms with E-state index in [0.29, 0.717) is 22.4 Å². The van der Waals surface area contributed by atoms with Crippen LogP contribution in [0.3, 0.4) is 0 Å². The molecule has 11 heteroatoms. The van der Waals surface area contributed by atoms with E-state index in [1.807, 2.05) is 54.5 Å². The first kappa shape index (κ1) is 23.3. The number of hydrogen-bond acceptors (Lipinski definition) is 9. The van der Waals surface area contributed by atoms with Crippen molar-refractivity contribution in [1.29, 1.82) is 0 Å². The maximum atomic E-state index is 12.8. The zero-order valence-electron chi connectivity index (χ0n) is 20.8. The van der Waals surface area contributed by atoms with Crippen LogP contribution in [0.1, 0.15) is 12.8 Å². The zero-order valence-corrected chi connectivity index (χ0v) is 20.8. The summed E-state index contributed by atoms with van der Waals surface area (Å²) in [4.78, 5) is 36.2. The van der Waals surface area contributed by atoms with Gasteiger partial charge in [-0.2, -0.15) is 0 Å². The summed E-state index contributed by atoms with van der Waals surface area (Å²) in [5.41, 5.74) is 2.15. The number of anilines is 5. The van der Waals surface area contributed by atoms with Crippen molar-refractivity contribution in [1.82, 2.24) is 24.5 Å². The Balaban J connectivity index is 1.24. The molecule has 0 spiro atoms. The third-order valence-corrected chi connectivity index (χ3v) is 7.24. The molecule has 0 saturated carbocycles. The van der Waals surface area contributed by atoms with Gasteiger partial charge in [-0.25, -0.2) is 15.0 Å². The quantitative estimate of drug-likeness (QED) is 0.378. The molecule has 0 aromatic carbocycles. The molecule has 0 atom stereocenters. The standard InChI is InChI=1S/C26H31N9O2/c1-32-11-8-28-26(32)35-14-12-34(13-15-35)23-16-21(24-20(31-23)4-7-27-25(24)37)30-22-3-2-18(17-29-22)33-9-5-19(36)6-10-33/h2-4,7-8,11,16-17,19,36H,5-6,9-10,12-15H2,1H3,(H,27,37)(H,29,30,31). The van der Waals surface area contributed by atoms with Gasteiger partial charge in [0.2, 0.25) is 5.95 Å². The first-order valence-electron chi connectivity index (χ1n) is 12.7. The van der Waals surface area contributed by atoms with Crippen LogP contribution in [-0.4, -0.2) is 75.0 Å². The Hall–Kier alpha value is -4.12. The second kappa shape index (κ2) is 9.74. The Morgan fingerprint density at radius 2 is 1.78 bits per heavy atom. The molecule has 6 heterocycles. The lowest BCUT2D eigenvalue weighted by atomic mass is 10.1. The number of aryl methyl sites for hydroxylation is 1. The van der Waals surface area contributed by atoms with Gasteiger partial charge >= 0.3 is 0 Å². The predicted molar refractivity (Wildman–Crippen MR) is 145 cm³/mol. The lowest BCUT2D eigenvalue weighted by Crippen LogP contribution is -2.47. The minimum absolute atomic E-state index is 0.192. The van der Waals surface area contributed by atoms with Crippen molar-refractivity contribution in [3.8, 4) is 0 Å². The molecule has 4 aromatic heterocycles. The summed E-state index contributed by atoms with van der Waals surface area (Å²) in [6, 6.07) is 7.72. The normalized spacial score (nSPS) is 17.0. The average molecular weight is 502 g/mol. The molecular formula is C26H31N9O2. The number of piperazine rings is 1. The van der Waals surface area contributed by atoms with E-state index in [1.54, 1.807) is 6.20 Å². The van der Waals surface area contributed by atoms with Crippen molar-refractivity contribution in [2.24, 2.45) is 7.05 Å². The summed E-state index contributed by atoms with van der Waals surface area (Å²) in [5.74, 6) is 2.45. The second-order valence-corrected chi connectivity index (χ2v) is 9.65. The number of aliphatic hydroxyl groups excluding tert-OH is 1. The Labute approximate surface area is 214 Å². The van der Waals surface area contributed by atoms with Crippen LogP contribution in [0.2, 0.25) is 0 Å². The van der Waals surface area contributed by atoms with Crippen LogP contribution in [0.4, 0.5) is 29.0 Å². The lowest BCUT2D eigenvalue weighted by molar-refractivity contribution is 0.145. The molecule has 6 rings (SSSR count). The molecule has 192 valence electrons.